The Kier molecular flexibility index (Phi) is 3.32. The predicted molar refractivity (Wildman–Crippen MR) is 59.2 cm³/mol. The Hall–Kier alpha value is -0.850. The third-order valence-electron chi connectivity index (χ3n) is 2.74. The Morgan fingerprint density at radius 3 is 2.81 bits per heavy atom. The van der Waals surface area contributed by atoms with E-state index in [0.29, 0.717) is 18.2 Å². The molecule has 1 heterocycles. The molecule has 3 N–H and O–H groups in total. The second kappa shape index (κ2) is 4.57. The van der Waals surface area contributed by atoms with E-state index in [0.717, 1.165) is 6.42 Å². The lowest BCUT2D eigenvalue weighted by molar-refractivity contribution is 0.277. The number of hydrogen-bond donors (Lipinski definition) is 3. The highest BCUT2D eigenvalue weighted by Crippen LogP contribution is 2.31. The molecular weight excluding hydrogens is 228 g/mol. The van der Waals surface area contributed by atoms with Crippen LogP contribution in [0.15, 0.2) is 17.2 Å². The Morgan fingerprint density at radius 1 is 1.50 bits per heavy atom. The first kappa shape index (κ1) is 11.6. The molecule has 90 valence electrons. The van der Waals surface area contributed by atoms with Gasteiger partial charge in [-0.3, -0.25) is 0 Å². The van der Waals surface area contributed by atoms with Crippen molar-refractivity contribution in [2.24, 2.45) is 5.92 Å². The summed E-state index contributed by atoms with van der Waals surface area (Å²) in [5.41, 5.74) is 0.502. The van der Waals surface area contributed by atoms with Gasteiger partial charge >= 0.3 is 0 Å². The third-order valence-corrected chi connectivity index (χ3v) is 4.18. The minimum Gasteiger partial charge on any atom is -0.390 e. The summed E-state index contributed by atoms with van der Waals surface area (Å²) in [6.45, 7) is 0.310. The Morgan fingerprint density at radius 2 is 2.25 bits per heavy atom. The van der Waals surface area contributed by atoms with Crippen LogP contribution < -0.4 is 4.72 Å². The van der Waals surface area contributed by atoms with Crippen LogP contribution in [0.1, 0.15) is 25.0 Å². The lowest BCUT2D eigenvalue weighted by Gasteiger charge is -2.03. The maximum absolute atomic E-state index is 11.8. The molecule has 1 aromatic heterocycles. The van der Waals surface area contributed by atoms with Crippen LogP contribution in [0, 0.1) is 5.92 Å². The van der Waals surface area contributed by atoms with Gasteiger partial charge in [0.1, 0.15) is 0 Å². The zero-order valence-electron chi connectivity index (χ0n) is 8.94. The molecule has 1 fully saturated rings. The molecule has 0 unspecified atom stereocenters. The van der Waals surface area contributed by atoms with E-state index in [1.807, 2.05) is 0 Å². The van der Waals surface area contributed by atoms with E-state index in [2.05, 4.69) is 9.71 Å². The summed E-state index contributed by atoms with van der Waals surface area (Å²) in [6.07, 6.45) is 4.75. The maximum Gasteiger partial charge on any atom is 0.242 e. The fraction of sp³-hybridized carbons (Fsp3) is 0.600. The molecule has 0 amide bonds. The lowest BCUT2D eigenvalue weighted by atomic mass is 10.3. The van der Waals surface area contributed by atoms with Gasteiger partial charge in [0.25, 0.3) is 0 Å². The van der Waals surface area contributed by atoms with Crippen molar-refractivity contribution >= 4 is 10.0 Å². The SMILES string of the molecule is O=S(=O)(NCCC1CC1)c1c[nH]c(CO)c1. The summed E-state index contributed by atoms with van der Waals surface area (Å²) in [4.78, 5) is 2.89. The Labute approximate surface area is 94.9 Å². The standard InChI is InChI=1S/C10H16N2O3S/c13-7-9-5-10(6-11-9)16(14,15)12-4-3-8-1-2-8/h5-6,8,11-13H,1-4,7H2. The summed E-state index contributed by atoms with van der Waals surface area (Å²) in [5, 5.41) is 8.83. The fourth-order valence-electron chi connectivity index (χ4n) is 1.55. The summed E-state index contributed by atoms with van der Waals surface area (Å²) < 4.78 is 26.1. The molecule has 1 aliphatic carbocycles. The van der Waals surface area contributed by atoms with E-state index in [4.69, 9.17) is 5.11 Å². The van der Waals surface area contributed by atoms with E-state index < -0.39 is 10.0 Å². The molecule has 0 aromatic carbocycles. The number of H-pyrrole nitrogens is 1. The van der Waals surface area contributed by atoms with Crippen molar-refractivity contribution < 1.29 is 13.5 Å². The number of aliphatic hydroxyl groups excluding tert-OH is 1. The molecule has 5 nitrogen and oxygen atoms in total. The van der Waals surface area contributed by atoms with Gasteiger partial charge < -0.3 is 10.1 Å². The molecule has 6 heteroatoms. The molecule has 0 bridgehead atoms. The minimum atomic E-state index is -3.41. The molecule has 0 radical (unpaired) electrons. The average Bonchev–Trinajstić information content (AvgIpc) is 2.93. The normalized spacial score (nSPS) is 16.6. The van der Waals surface area contributed by atoms with Gasteiger partial charge in [-0.15, -0.1) is 0 Å². The van der Waals surface area contributed by atoms with Gasteiger partial charge in [0.05, 0.1) is 11.5 Å². The predicted octanol–water partition coefficient (Wildman–Crippen LogP) is 0.585. The highest BCUT2D eigenvalue weighted by molar-refractivity contribution is 7.89. The van der Waals surface area contributed by atoms with Crippen molar-refractivity contribution in [3.8, 4) is 0 Å². The highest BCUT2D eigenvalue weighted by atomic mass is 32.2. The fourth-order valence-corrected chi connectivity index (χ4v) is 2.62. The average molecular weight is 244 g/mol. The molecule has 0 atom stereocenters. The molecule has 16 heavy (non-hydrogen) atoms. The van der Waals surface area contributed by atoms with Crippen LogP contribution in [0.25, 0.3) is 0 Å². The highest BCUT2D eigenvalue weighted by Gasteiger charge is 2.22. The number of aliphatic hydroxyl groups is 1. The first-order valence-electron chi connectivity index (χ1n) is 5.39. The van der Waals surface area contributed by atoms with E-state index >= 15 is 0 Å². The molecule has 0 spiro atoms. The monoisotopic (exact) mass is 244 g/mol. The van der Waals surface area contributed by atoms with E-state index in [-0.39, 0.29) is 11.5 Å². The van der Waals surface area contributed by atoms with Crippen molar-refractivity contribution in [2.75, 3.05) is 6.54 Å². The first-order valence-corrected chi connectivity index (χ1v) is 6.88. The molecule has 2 rings (SSSR count). The Balaban J connectivity index is 1.94. The van der Waals surface area contributed by atoms with Crippen LogP contribution in [0.3, 0.4) is 0 Å². The van der Waals surface area contributed by atoms with Gasteiger partial charge in [-0.2, -0.15) is 0 Å². The van der Waals surface area contributed by atoms with Gasteiger partial charge in [-0.05, 0) is 18.4 Å². The van der Waals surface area contributed by atoms with Crippen LogP contribution >= 0.6 is 0 Å². The number of aromatic nitrogens is 1. The van der Waals surface area contributed by atoms with Crippen molar-refractivity contribution in [1.82, 2.24) is 9.71 Å². The summed E-state index contributed by atoms with van der Waals surface area (Å²) in [5.74, 6) is 0.710. The molecule has 1 aliphatic rings. The maximum atomic E-state index is 11.8. The number of aromatic amines is 1. The summed E-state index contributed by atoms with van der Waals surface area (Å²) >= 11 is 0. The molecule has 0 aliphatic heterocycles. The quantitative estimate of drug-likeness (QED) is 0.684. The second-order valence-corrected chi connectivity index (χ2v) is 5.92. The van der Waals surface area contributed by atoms with Gasteiger partial charge in [0.15, 0.2) is 0 Å². The number of hydrogen-bond acceptors (Lipinski definition) is 3. The second-order valence-electron chi connectivity index (χ2n) is 4.15. The van der Waals surface area contributed by atoms with Crippen molar-refractivity contribution in [1.29, 1.82) is 0 Å². The Bertz CT molecular complexity index is 448. The topological polar surface area (TPSA) is 82.2 Å². The van der Waals surface area contributed by atoms with Crippen LogP contribution in [-0.4, -0.2) is 25.1 Å². The van der Waals surface area contributed by atoms with Crippen LogP contribution in [-0.2, 0) is 16.6 Å². The van der Waals surface area contributed by atoms with E-state index in [1.165, 1.54) is 25.1 Å². The van der Waals surface area contributed by atoms with Gasteiger partial charge in [0, 0.05) is 18.4 Å². The zero-order chi connectivity index (χ0) is 11.6. The summed E-state index contributed by atoms with van der Waals surface area (Å²) in [7, 11) is -3.41. The molecule has 1 aromatic rings. The van der Waals surface area contributed by atoms with E-state index in [1.54, 1.807) is 0 Å². The lowest BCUT2D eigenvalue weighted by Crippen LogP contribution is -2.24. The number of nitrogens with one attached hydrogen (secondary N) is 2. The molecular formula is C10H16N2O3S. The number of rotatable bonds is 6. The van der Waals surface area contributed by atoms with Crippen LogP contribution in [0.4, 0.5) is 0 Å². The van der Waals surface area contributed by atoms with Crippen molar-refractivity contribution in [3.63, 3.8) is 0 Å². The van der Waals surface area contributed by atoms with Gasteiger partial charge in [-0.1, -0.05) is 12.8 Å². The number of sulfonamides is 1. The summed E-state index contributed by atoms with van der Waals surface area (Å²) in [6, 6.07) is 1.44. The first-order chi connectivity index (χ1) is 7.62. The third kappa shape index (κ3) is 2.84. The largest absolute Gasteiger partial charge is 0.390 e. The smallest absolute Gasteiger partial charge is 0.242 e. The molecule has 0 saturated heterocycles. The van der Waals surface area contributed by atoms with Gasteiger partial charge in [0.2, 0.25) is 10.0 Å². The van der Waals surface area contributed by atoms with Crippen LogP contribution in [0.2, 0.25) is 0 Å². The minimum absolute atomic E-state index is 0.183. The van der Waals surface area contributed by atoms with Gasteiger partial charge in [-0.25, -0.2) is 13.1 Å². The van der Waals surface area contributed by atoms with Crippen LogP contribution in [0.5, 0.6) is 0 Å². The van der Waals surface area contributed by atoms with Crippen molar-refractivity contribution in [3.05, 3.63) is 18.0 Å². The van der Waals surface area contributed by atoms with E-state index in [9.17, 15) is 8.42 Å². The van der Waals surface area contributed by atoms with Crippen molar-refractivity contribution in [2.45, 2.75) is 30.8 Å². The molecule has 1 saturated carbocycles. The zero-order valence-corrected chi connectivity index (χ0v) is 9.76.